The highest BCUT2D eigenvalue weighted by Crippen LogP contribution is 2.19. The molecule has 2 aromatic rings. The molecule has 2 rings (SSSR count). The van der Waals surface area contributed by atoms with Gasteiger partial charge in [0.15, 0.2) is 11.5 Å². The maximum Gasteiger partial charge on any atom is 0.155 e. The van der Waals surface area contributed by atoms with Gasteiger partial charge in [0.05, 0.1) is 0 Å². The topological polar surface area (TPSA) is 56.2 Å². The van der Waals surface area contributed by atoms with E-state index in [2.05, 4.69) is 39.9 Å². The molecule has 0 bridgehead atoms. The van der Waals surface area contributed by atoms with Crippen molar-refractivity contribution in [2.24, 2.45) is 11.1 Å². The summed E-state index contributed by atoms with van der Waals surface area (Å²) in [6, 6.07) is 3.90. The molecule has 0 radical (unpaired) electrons. The molecule has 2 heterocycles. The molecule has 2 N–H and O–H groups in total. The summed E-state index contributed by atoms with van der Waals surface area (Å²) in [4.78, 5) is 4.46. The predicted molar refractivity (Wildman–Crippen MR) is 67.2 cm³/mol. The van der Waals surface area contributed by atoms with Crippen LogP contribution in [-0.4, -0.2) is 21.1 Å². The zero-order valence-corrected chi connectivity index (χ0v) is 11.0. The summed E-state index contributed by atoms with van der Waals surface area (Å²) in [5, 5.41) is 4.43. The van der Waals surface area contributed by atoms with E-state index in [-0.39, 0.29) is 5.41 Å². The number of hydrogen-bond acceptors (Lipinski definition) is 3. The first kappa shape index (κ1) is 11.5. The average molecular weight is 283 g/mol. The Kier molecular flexibility index (Phi) is 2.99. The van der Waals surface area contributed by atoms with Crippen molar-refractivity contribution in [3.8, 4) is 0 Å². The zero-order chi connectivity index (χ0) is 11.8. The maximum atomic E-state index is 5.70. The monoisotopic (exact) mass is 282 g/mol. The van der Waals surface area contributed by atoms with Crippen LogP contribution in [0.4, 0.5) is 0 Å². The lowest BCUT2D eigenvalue weighted by Gasteiger charge is -2.19. The van der Waals surface area contributed by atoms with Crippen molar-refractivity contribution in [3.63, 3.8) is 0 Å². The minimum Gasteiger partial charge on any atom is -0.330 e. The summed E-state index contributed by atoms with van der Waals surface area (Å²) in [7, 11) is 0. The Labute approximate surface area is 103 Å². The quantitative estimate of drug-likeness (QED) is 0.937. The lowest BCUT2D eigenvalue weighted by atomic mass is 9.89. The Bertz CT molecular complexity index is 504. The molecule has 0 aliphatic rings. The van der Waals surface area contributed by atoms with Gasteiger partial charge in [-0.3, -0.25) is 0 Å². The lowest BCUT2D eigenvalue weighted by Crippen LogP contribution is -2.26. The van der Waals surface area contributed by atoms with Crippen LogP contribution in [0, 0.1) is 5.41 Å². The Balaban J connectivity index is 2.33. The summed E-state index contributed by atoms with van der Waals surface area (Å²) >= 11 is 3.41. The summed E-state index contributed by atoms with van der Waals surface area (Å²) in [5.41, 5.74) is 6.61. The molecule has 0 amide bonds. The second-order valence-electron chi connectivity index (χ2n) is 4.72. The van der Waals surface area contributed by atoms with Crippen molar-refractivity contribution in [2.45, 2.75) is 20.3 Å². The predicted octanol–water partition coefficient (Wildman–Crippen LogP) is 2.02. The summed E-state index contributed by atoms with van der Waals surface area (Å²) in [6.07, 6.45) is 2.70. The molecular formula is C11H15BrN4. The van der Waals surface area contributed by atoms with Gasteiger partial charge in [-0.25, -0.2) is 9.50 Å². The molecule has 0 aliphatic heterocycles. The van der Waals surface area contributed by atoms with Gasteiger partial charge in [0, 0.05) is 17.1 Å². The van der Waals surface area contributed by atoms with Crippen LogP contribution in [0.2, 0.25) is 0 Å². The van der Waals surface area contributed by atoms with Gasteiger partial charge in [0.25, 0.3) is 0 Å². The number of nitrogens with two attached hydrogens (primary N) is 1. The highest BCUT2D eigenvalue weighted by atomic mass is 79.9. The van der Waals surface area contributed by atoms with E-state index in [0.29, 0.717) is 6.54 Å². The van der Waals surface area contributed by atoms with Crippen LogP contribution in [0.5, 0.6) is 0 Å². The van der Waals surface area contributed by atoms with Crippen LogP contribution >= 0.6 is 15.9 Å². The summed E-state index contributed by atoms with van der Waals surface area (Å²) < 4.78 is 2.78. The van der Waals surface area contributed by atoms with Gasteiger partial charge in [-0.1, -0.05) is 13.8 Å². The number of aromatic nitrogens is 3. The molecule has 0 aromatic carbocycles. The van der Waals surface area contributed by atoms with E-state index in [1.165, 1.54) is 0 Å². The highest BCUT2D eigenvalue weighted by molar-refractivity contribution is 9.10. The van der Waals surface area contributed by atoms with Crippen LogP contribution in [0.3, 0.4) is 0 Å². The Morgan fingerprint density at radius 1 is 1.44 bits per heavy atom. The number of rotatable bonds is 3. The molecule has 0 spiro atoms. The molecule has 16 heavy (non-hydrogen) atoms. The molecular weight excluding hydrogens is 268 g/mol. The van der Waals surface area contributed by atoms with E-state index >= 15 is 0 Å². The fourth-order valence-corrected chi connectivity index (χ4v) is 1.81. The fraction of sp³-hybridized carbons (Fsp3) is 0.455. The smallest absolute Gasteiger partial charge is 0.155 e. The molecule has 0 aliphatic carbocycles. The number of nitrogens with zero attached hydrogens (tertiary/aromatic N) is 3. The Morgan fingerprint density at radius 2 is 2.19 bits per heavy atom. The molecule has 0 fully saturated rings. The van der Waals surface area contributed by atoms with Crippen LogP contribution in [0.25, 0.3) is 5.65 Å². The molecule has 5 heteroatoms. The Hall–Kier alpha value is -0.940. The largest absolute Gasteiger partial charge is 0.330 e. The molecule has 0 atom stereocenters. The normalized spacial score (nSPS) is 12.2. The fourth-order valence-electron chi connectivity index (χ4n) is 1.48. The molecule has 0 saturated carbocycles. The molecule has 86 valence electrons. The molecule has 4 nitrogen and oxygen atoms in total. The number of halogens is 1. The van der Waals surface area contributed by atoms with Crippen LogP contribution < -0.4 is 5.73 Å². The van der Waals surface area contributed by atoms with Gasteiger partial charge in [0.2, 0.25) is 0 Å². The van der Waals surface area contributed by atoms with Gasteiger partial charge in [-0.15, -0.1) is 0 Å². The molecule has 0 unspecified atom stereocenters. The van der Waals surface area contributed by atoms with Crippen molar-refractivity contribution in [3.05, 3.63) is 28.6 Å². The highest BCUT2D eigenvalue weighted by Gasteiger charge is 2.19. The van der Waals surface area contributed by atoms with Gasteiger partial charge in [0.1, 0.15) is 0 Å². The second-order valence-corrected chi connectivity index (χ2v) is 5.64. The third-order valence-corrected chi connectivity index (χ3v) is 3.00. The minimum atomic E-state index is 0.0438. The van der Waals surface area contributed by atoms with E-state index in [1.54, 1.807) is 4.52 Å². The van der Waals surface area contributed by atoms with Crippen LogP contribution in [0.1, 0.15) is 19.7 Å². The van der Waals surface area contributed by atoms with E-state index in [9.17, 15) is 0 Å². The lowest BCUT2D eigenvalue weighted by molar-refractivity contribution is 0.368. The minimum absolute atomic E-state index is 0.0438. The zero-order valence-electron chi connectivity index (χ0n) is 9.44. The first-order chi connectivity index (χ1) is 7.50. The molecule has 0 saturated heterocycles. The average Bonchev–Trinajstić information content (AvgIpc) is 2.58. The van der Waals surface area contributed by atoms with Gasteiger partial charge in [-0.05, 0) is 40.0 Å². The summed E-state index contributed by atoms with van der Waals surface area (Å²) in [6.45, 7) is 4.87. The SMILES string of the molecule is CC(C)(CN)Cc1nc2ccc(Br)cn2n1. The number of hydrogen-bond donors (Lipinski definition) is 1. The second kappa shape index (κ2) is 4.14. The van der Waals surface area contributed by atoms with Gasteiger partial charge < -0.3 is 5.73 Å². The van der Waals surface area contributed by atoms with Crippen molar-refractivity contribution in [1.82, 2.24) is 14.6 Å². The van der Waals surface area contributed by atoms with Crippen molar-refractivity contribution < 1.29 is 0 Å². The first-order valence-electron chi connectivity index (χ1n) is 5.21. The first-order valence-corrected chi connectivity index (χ1v) is 6.00. The standard InChI is InChI=1S/C11H15BrN4/c1-11(2,7-13)5-9-14-10-4-3-8(12)6-16(10)15-9/h3-4,6H,5,7,13H2,1-2H3. The maximum absolute atomic E-state index is 5.70. The van der Waals surface area contributed by atoms with Crippen molar-refractivity contribution in [2.75, 3.05) is 6.54 Å². The van der Waals surface area contributed by atoms with E-state index in [4.69, 9.17) is 5.73 Å². The van der Waals surface area contributed by atoms with Crippen molar-refractivity contribution in [1.29, 1.82) is 0 Å². The van der Waals surface area contributed by atoms with E-state index in [1.807, 2.05) is 18.3 Å². The van der Waals surface area contributed by atoms with Crippen LogP contribution in [0.15, 0.2) is 22.8 Å². The number of fused-ring (bicyclic) bond motifs is 1. The van der Waals surface area contributed by atoms with Gasteiger partial charge >= 0.3 is 0 Å². The Morgan fingerprint density at radius 3 is 2.88 bits per heavy atom. The van der Waals surface area contributed by atoms with E-state index < -0.39 is 0 Å². The van der Waals surface area contributed by atoms with Crippen molar-refractivity contribution >= 4 is 21.6 Å². The number of pyridine rings is 1. The molecule has 2 aromatic heterocycles. The van der Waals surface area contributed by atoms with E-state index in [0.717, 1.165) is 22.4 Å². The van der Waals surface area contributed by atoms with Crippen LogP contribution in [-0.2, 0) is 6.42 Å². The summed E-state index contributed by atoms with van der Waals surface area (Å²) in [5.74, 6) is 0.841. The van der Waals surface area contributed by atoms with Gasteiger partial charge in [-0.2, -0.15) is 5.10 Å². The third kappa shape index (κ3) is 2.41. The third-order valence-electron chi connectivity index (χ3n) is 2.53.